The van der Waals surface area contributed by atoms with Crippen LogP contribution in [0, 0.1) is 0 Å². The highest BCUT2D eigenvalue weighted by molar-refractivity contribution is 5.75. The summed E-state index contributed by atoms with van der Waals surface area (Å²) in [5, 5.41) is 6.54. The van der Waals surface area contributed by atoms with Crippen LogP contribution < -0.4 is 11.1 Å². The predicted molar refractivity (Wildman–Crippen MR) is 51.3 cm³/mol. The second kappa shape index (κ2) is 5.33. The third-order valence-corrected chi connectivity index (χ3v) is 1.86. The summed E-state index contributed by atoms with van der Waals surface area (Å²) in [7, 11) is 0. The van der Waals surface area contributed by atoms with Crippen LogP contribution >= 0.6 is 0 Å². The molecule has 0 fully saturated rings. The molecule has 1 aromatic heterocycles. The van der Waals surface area contributed by atoms with Gasteiger partial charge in [-0.2, -0.15) is 5.10 Å². The molecule has 1 rings (SSSR count). The van der Waals surface area contributed by atoms with Gasteiger partial charge in [-0.15, -0.1) is 0 Å². The van der Waals surface area contributed by atoms with E-state index in [-0.39, 0.29) is 18.5 Å². The number of amides is 1. The van der Waals surface area contributed by atoms with Crippen LogP contribution in [0.15, 0.2) is 12.7 Å². The summed E-state index contributed by atoms with van der Waals surface area (Å²) in [6.07, 6.45) is 3.74. The third kappa shape index (κ3) is 3.53. The van der Waals surface area contributed by atoms with Crippen molar-refractivity contribution in [3.8, 4) is 0 Å². The summed E-state index contributed by atoms with van der Waals surface area (Å²) in [6, 6.07) is 0.0229. The Balaban J connectivity index is 2.23. The number of hydrogen-bond donors (Lipinski definition) is 2. The molecule has 0 saturated carbocycles. The molecule has 0 aliphatic rings. The van der Waals surface area contributed by atoms with Gasteiger partial charge in [-0.05, 0) is 6.42 Å². The van der Waals surface area contributed by atoms with Crippen molar-refractivity contribution in [1.29, 1.82) is 0 Å². The lowest BCUT2D eigenvalue weighted by Crippen LogP contribution is -2.38. The molecule has 1 atom stereocenters. The van der Waals surface area contributed by atoms with Gasteiger partial charge in [0.1, 0.15) is 19.2 Å². The smallest absolute Gasteiger partial charge is 0.241 e. The van der Waals surface area contributed by atoms with Crippen LogP contribution in [0.1, 0.15) is 13.3 Å². The molecular weight excluding hydrogens is 182 g/mol. The molecule has 0 aliphatic heterocycles. The fraction of sp³-hybridized carbons (Fsp3) is 0.625. The molecule has 3 N–H and O–H groups in total. The summed E-state index contributed by atoms with van der Waals surface area (Å²) in [4.78, 5) is 15.0. The Morgan fingerprint density at radius 1 is 1.71 bits per heavy atom. The van der Waals surface area contributed by atoms with E-state index in [2.05, 4.69) is 15.4 Å². The van der Waals surface area contributed by atoms with Crippen LogP contribution in [-0.2, 0) is 11.3 Å². The third-order valence-electron chi connectivity index (χ3n) is 1.86. The Morgan fingerprint density at radius 3 is 3.07 bits per heavy atom. The average molecular weight is 197 g/mol. The molecule has 1 amide bonds. The van der Waals surface area contributed by atoms with E-state index in [0.29, 0.717) is 6.54 Å². The van der Waals surface area contributed by atoms with Crippen LogP contribution in [0.4, 0.5) is 0 Å². The van der Waals surface area contributed by atoms with E-state index in [1.54, 1.807) is 0 Å². The van der Waals surface area contributed by atoms with Crippen molar-refractivity contribution >= 4 is 5.91 Å². The van der Waals surface area contributed by atoms with E-state index in [0.717, 1.165) is 6.42 Å². The van der Waals surface area contributed by atoms with E-state index in [9.17, 15) is 4.79 Å². The molecule has 1 aromatic rings. The first-order valence-corrected chi connectivity index (χ1v) is 4.57. The van der Waals surface area contributed by atoms with Crippen LogP contribution in [0.25, 0.3) is 0 Å². The first-order valence-electron chi connectivity index (χ1n) is 4.57. The van der Waals surface area contributed by atoms with Gasteiger partial charge in [-0.1, -0.05) is 6.92 Å². The predicted octanol–water partition coefficient (Wildman–Crippen LogP) is -0.868. The van der Waals surface area contributed by atoms with Gasteiger partial charge in [-0.25, -0.2) is 9.67 Å². The maximum absolute atomic E-state index is 11.3. The lowest BCUT2D eigenvalue weighted by atomic mass is 10.2. The highest BCUT2D eigenvalue weighted by atomic mass is 16.2. The van der Waals surface area contributed by atoms with Crippen molar-refractivity contribution < 1.29 is 4.79 Å². The maximum Gasteiger partial charge on any atom is 0.241 e. The number of aromatic nitrogens is 3. The van der Waals surface area contributed by atoms with Crippen LogP contribution in [0.3, 0.4) is 0 Å². The van der Waals surface area contributed by atoms with Crippen molar-refractivity contribution in [3.05, 3.63) is 12.7 Å². The minimum absolute atomic E-state index is 0.0229. The average Bonchev–Trinajstić information content (AvgIpc) is 2.66. The zero-order valence-electron chi connectivity index (χ0n) is 8.18. The minimum atomic E-state index is -0.0978. The van der Waals surface area contributed by atoms with Crippen molar-refractivity contribution in [2.75, 3.05) is 6.54 Å². The topological polar surface area (TPSA) is 85.8 Å². The fourth-order valence-corrected chi connectivity index (χ4v) is 0.907. The molecule has 0 aromatic carbocycles. The number of nitrogens with two attached hydrogens (primary N) is 1. The first kappa shape index (κ1) is 10.6. The molecule has 0 radical (unpaired) electrons. The van der Waals surface area contributed by atoms with Gasteiger partial charge in [-0.3, -0.25) is 4.79 Å². The standard InChI is InChI=1S/C8H15N5O/c1-2-7(9)3-11-8(14)4-13-6-10-5-12-13/h5-7H,2-4,9H2,1H3,(H,11,14). The zero-order valence-corrected chi connectivity index (χ0v) is 8.18. The Labute approximate surface area is 82.5 Å². The summed E-state index contributed by atoms with van der Waals surface area (Å²) >= 11 is 0. The Morgan fingerprint density at radius 2 is 2.50 bits per heavy atom. The SMILES string of the molecule is CCC(N)CNC(=O)Cn1cncn1. The molecule has 0 bridgehead atoms. The normalized spacial score (nSPS) is 12.4. The molecule has 6 nitrogen and oxygen atoms in total. The van der Waals surface area contributed by atoms with E-state index in [1.165, 1.54) is 17.3 Å². The monoisotopic (exact) mass is 197 g/mol. The van der Waals surface area contributed by atoms with Gasteiger partial charge in [0.25, 0.3) is 0 Å². The highest BCUT2D eigenvalue weighted by Crippen LogP contribution is 1.84. The van der Waals surface area contributed by atoms with E-state index in [4.69, 9.17) is 5.73 Å². The summed E-state index contributed by atoms with van der Waals surface area (Å²) in [5.74, 6) is -0.0978. The molecule has 6 heteroatoms. The van der Waals surface area contributed by atoms with Gasteiger partial charge in [0, 0.05) is 12.6 Å². The number of carbonyl (C=O) groups excluding carboxylic acids is 1. The second-order valence-corrected chi connectivity index (χ2v) is 3.07. The number of nitrogens with zero attached hydrogens (tertiary/aromatic N) is 3. The van der Waals surface area contributed by atoms with Gasteiger partial charge in [0.2, 0.25) is 5.91 Å². The van der Waals surface area contributed by atoms with E-state index in [1.807, 2.05) is 6.92 Å². The molecule has 0 saturated heterocycles. The molecule has 0 aliphatic carbocycles. The van der Waals surface area contributed by atoms with Gasteiger partial charge in [0.05, 0.1) is 0 Å². The summed E-state index contributed by atoms with van der Waals surface area (Å²) < 4.78 is 1.47. The first-order chi connectivity index (χ1) is 6.72. The zero-order chi connectivity index (χ0) is 10.4. The van der Waals surface area contributed by atoms with Gasteiger partial charge < -0.3 is 11.1 Å². The number of carbonyl (C=O) groups is 1. The van der Waals surface area contributed by atoms with Gasteiger partial charge >= 0.3 is 0 Å². The fourth-order valence-electron chi connectivity index (χ4n) is 0.907. The number of hydrogen-bond acceptors (Lipinski definition) is 4. The Hall–Kier alpha value is -1.43. The maximum atomic E-state index is 11.3. The highest BCUT2D eigenvalue weighted by Gasteiger charge is 2.04. The minimum Gasteiger partial charge on any atom is -0.353 e. The van der Waals surface area contributed by atoms with Crippen LogP contribution in [-0.4, -0.2) is 33.3 Å². The van der Waals surface area contributed by atoms with Crippen molar-refractivity contribution in [3.63, 3.8) is 0 Å². The Bertz CT molecular complexity index is 271. The lowest BCUT2D eigenvalue weighted by Gasteiger charge is -2.09. The number of nitrogens with one attached hydrogen (secondary N) is 1. The van der Waals surface area contributed by atoms with Crippen molar-refractivity contribution in [2.45, 2.75) is 25.9 Å². The molecule has 1 unspecified atom stereocenters. The molecule has 0 spiro atoms. The van der Waals surface area contributed by atoms with Gasteiger partial charge in [0.15, 0.2) is 0 Å². The summed E-state index contributed by atoms with van der Waals surface area (Å²) in [6.45, 7) is 2.68. The number of rotatable bonds is 5. The van der Waals surface area contributed by atoms with E-state index >= 15 is 0 Å². The largest absolute Gasteiger partial charge is 0.353 e. The molecular formula is C8H15N5O. The quantitative estimate of drug-likeness (QED) is 0.642. The molecule has 78 valence electrons. The van der Waals surface area contributed by atoms with Crippen LogP contribution in [0.5, 0.6) is 0 Å². The Kier molecular flexibility index (Phi) is 4.06. The van der Waals surface area contributed by atoms with Crippen molar-refractivity contribution in [2.24, 2.45) is 5.73 Å². The lowest BCUT2D eigenvalue weighted by molar-refractivity contribution is -0.121. The van der Waals surface area contributed by atoms with Crippen molar-refractivity contribution in [1.82, 2.24) is 20.1 Å². The summed E-state index contributed by atoms with van der Waals surface area (Å²) in [5.41, 5.74) is 5.65. The second-order valence-electron chi connectivity index (χ2n) is 3.07. The van der Waals surface area contributed by atoms with Crippen LogP contribution in [0.2, 0.25) is 0 Å². The molecule has 14 heavy (non-hydrogen) atoms. The van der Waals surface area contributed by atoms with E-state index < -0.39 is 0 Å². The molecule has 1 heterocycles.